The van der Waals surface area contributed by atoms with E-state index in [1.807, 2.05) is 0 Å². The molecule has 3 rings (SSSR count). The zero-order valence-electron chi connectivity index (χ0n) is 9.05. The number of likely N-dealkylation sites (tertiary alicyclic amines) is 1. The zero-order chi connectivity index (χ0) is 12.9. The fourth-order valence-electron chi connectivity index (χ4n) is 2.02. The van der Waals surface area contributed by atoms with E-state index in [1.54, 1.807) is 16.9 Å². The second kappa shape index (κ2) is 4.23. The van der Waals surface area contributed by atoms with Crippen molar-refractivity contribution in [3.8, 4) is 0 Å². The molecule has 1 amide bonds. The van der Waals surface area contributed by atoms with Crippen molar-refractivity contribution in [3.63, 3.8) is 0 Å². The van der Waals surface area contributed by atoms with Gasteiger partial charge in [-0.3, -0.25) is 9.67 Å². The lowest BCUT2D eigenvalue weighted by Gasteiger charge is -2.37. The summed E-state index contributed by atoms with van der Waals surface area (Å²) >= 11 is 8.27. The number of halogens is 2. The first kappa shape index (κ1) is 12.0. The van der Waals surface area contributed by atoms with Crippen LogP contribution in [0.2, 0.25) is 5.02 Å². The Morgan fingerprint density at radius 2 is 2.28 bits per heavy atom. The largest absolute Gasteiger partial charge is 0.465 e. The van der Waals surface area contributed by atoms with Crippen LogP contribution < -0.4 is 0 Å². The molecule has 0 aromatic carbocycles. The Hall–Kier alpha value is -1.09. The van der Waals surface area contributed by atoms with Crippen molar-refractivity contribution in [1.82, 2.24) is 19.7 Å². The second-order valence-electron chi connectivity index (χ2n) is 4.07. The second-order valence-corrected chi connectivity index (χ2v) is 5.50. The Bertz CT molecular complexity index is 638. The smallest absolute Gasteiger partial charge is 0.407 e. The maximum absolute atomic E-state index is 10.8. The van der Waals surface area contributed by atoms with Gasteiger partial charge in [-0.15, -0.1) is 0 Å². The molecule has 0 radical (unpaired) electrons. The summed E-state index contributed by atoms with van der Waals surface area (Å²) in [6.45, 7) is 0.876. The average Bonchev–Trinajstić information content (AvgIpc) is 2.55. The van der Waals surface area contributed by atoms with Gasteiger partial charge in [0.15, 0.2) is 0 Å². The highest BCUT2D eigenvalue weighted by Crippen LogP contribution is 2.30. The molecule has 3 heterocycles. The van der Waals surface area contributed by atoms with Gasteiger partial charge in [0.05, 0.1) is 11.1 Å². The molecule has 1 aliphatic heterocycles. The fourth-order valence-corrected chi connectivity index (χ4v) is 2.88. The number of pyridine rings is 1. The quantitative estimate of drug-likeness (QED) is 0.773. The third-order valence-corrected chi connectivity index (χ3v) is 4.01. The molecule has 0 unspecified atom stereocenters. The molecular formula is C10H8ClIN4O2. The van der Waals surface area contributed by atoms with E-state index >= 15 is 0 Å². The molecule has 8 heteroatoms. The summed E-state index contributed by atoms with van der Waals surface area (Å²) in [4.78, 5) is 16.3. The minimum Gasteiger partial charge on any atom is -0.465 e. The molecular weight excluding hydrogens is 370 g/mol. The molecule has 1 aliphatic rings. The molecule has 2 aromatic rings. The fraction of sp³-hybridized carbons (Fsp3) is 0.300. The van der Waals surface area contributed by atoms with Crippen molar-refractivity contribution in [1.29, 1.82) is 0 Å². The number of aromatic nitrogens is 3. The highest BCUT2D eigenvalue weighted by atomic mass is 127. The summed E-state index contributed by atoms with van der Waals surface area (Å²) in [5.74, 6) is 0. The predicted molar refractivity (Wildman–Crippen MR) is 73.9 cm³/mol. The normalized spacial score (nSPS) is 16.0. The van der Waals surface area contributed by atoms with Gasteiger partial charge in [0.1, 0.15) is 14.7 Å². The number of fused-ring (bicyclic) bond motifs is 1. The minimum absolute atomic E-state index is 0.0359. The van der Waals surface area contributed by atoms with Gasteiger partial charge in [0.2, 0.25) is 0 Å². The Kier molecular flexibility index (Phi) is 2.81. The van der Waals surface area contributed by atoms with Gasteiger partial charge in [-0.2, -0.15) is 5.10 Å². The lowest BCUT2D eigenvalue weighted by Crippen LogP contribution is -2.50. The van der Waals surface area contributed by atoms with Crippen LogP contribution in [0.15, 0.2) is 12.3 Å². The number of hydrogen-bond donors (Lipinski definition) is 1. The molecule has 0 bridgehead atoms. The standard InChI is InChI=1S/C10H8ClIN4O2/c11-6-1-2-13-7-8(6)16(14-9(7)12)5-3-15(4-5)10(17)18/h1-2,5H,3-4H2,(H,17,18). The van der Waals surface area contributed by atoms with Crippen LogP contribution in [0, 0.1) is 3.70 Å². The van der Waals surface area contributed by atoms with Crippen LogP contribution in [-0.4, -0.2) is 44.0 Å². The van der Waals surface area contributed by atoms with E-state index < -0.39 is 6.09 Å². The van der Waals surface area contributed by atoms with Gasteiger partial charge in [0, 0.05) is 19.3 Å². The van der Waals surface area contributed by atoms with Gasteiger partial charge in [-0.1, -0.05) is 11.6 Å². The number of carbonyl (C=O) groups is 1. The first-order chi connectivity index (χ1) is 8.58. The van der Waals surface area contributed by atoms with E-state index in [9.17, 15) is 4.79 Å². The number of hydrogen-bond acceptors (Lipinski definition) is 3. The van der Waals surface area contributed by atoms with Gasteiger partial charge >= 0.3 is 6.09 Å². The van der Waals surface area contributed by atoms with Crippen LogP contribution in [-0.2, 0) is 0 Å². The van der Waals surface area contributed by atoms with Crippen molar-refractivity contribution in [3.05, 3.63) is 21.0 Å². The van der Waals surface area contributed by atoms with Crippen LogP contribution >= 0.6 is 34.2 Å². The number of rotatable bonds is 1. The first-order valence-electron chi connectivity index (χ1n) is 5.24. The van der Waals surface area contributed by atoms with Crippen LogP contribution in [0.1, 0.15) is 6.04 Å². The zero-order valence-corrected chi connectivity index (χ0v) is 12.0. The van der Waals surface area contributed by atoms with E-state index in [1.165, 1.54) is 4.90 Å². The van der Waals surface area contributed by atoms with Crippen molar-refractivity contribution in [2.75, 3.05) is 13.1 Å². The molecule has 1 fully saturated rings. The number of nitrogens with zero attached hydrogens (tertiary/aromatic N) is 4. The molecule has 0 spiro atoms. The highest BCUT2D eigenvalue weighted by Gasteiger charge is 2.34. The lowest BCUT2D eigenvalue weighted by atomic mass is 10.1. The summed E-state index contributed by atoms with van der Waals surface area (Å²) in [5, 5.41) is 13.8. The monoisotopic (exact) mass is 378 g/mol. The Morgan fingerprint density at radius 3 is 2.94 bits per heavy atom. The average molecular weight is 379 g/mol. The summed E-state index contributed by atoms with van der Waals surface area (Å²) in [6.07, 6.45) is 0.741. The molecule has 6 nitrogen and oxygen atoms in total. The van der Waals surface area contributed by atoms with E-state index in [4.69, 9.17) is 16.7 Å². The minimum atomic E-state index is -0.901. The van der Waals surface area contributed by atoms with Crippen LogP contribution in [0.25, 0.3) is 11.0 Å². The molecule has 0 saturated carbocycles. The van der Waals surface area contributed by atoms with Crippen molar-refractivity contribution in [2.45, 2.75) is 6.04 Å². The van der Waals surface area contributed by atoms with E-state index in [-0.39, 0.29) is 6.04 Å². The number of carboxylic acid groups (broad SMARTS) is 1. The van der Waals surface area contributed by atoms with Gasteiger partial charge in [-0.05, 0) is 28.7 Å². The third-order valence-electron chi connectivity index (χ3n) is 2.97. The maximum Gasteiger partial charge on any atom is 0.407 e. The van der Waals surface area contributed by atoms with Gasteiger partial charge in [-0.25, -0.2) is 4.79 Å². The molecule has 2 aromatic heterocycles. The maximum atomic E-state index is 10.8. The Morgan fingerprint density at radius 1 is 1.56 bits per heavy atom. The predicted octanol–water partition coefficient (Wildman–Crippen LogP) is 2.22. The van der Waals surface area contributed by atoms with Gasteiger partial charge in [0.25, 0.3) is 0 Å². The van der Waals surface area contributed by atoms with Gasteiger partial charge < -0.3 is 10.0 Å². The van der Waals surface area contributed by atoms with Crippen LogP contribution in [0.4, 0.5) is 4.79 Å². The van der Waals surface area contributed by atoms with E-state index in [0.29, 0.717) is 18.1 Å². The molecule has 1 saturated heterocycles. The summed E-state index contributed by atoms with van der Waals surface area (Å²) in [7, 11) is 0. The Labute approximate surface area is 121 Å². The van der Waals surface area contributed by atoms with Crippen molar-refractivity contribution < 1.29 is 9.90 Å². The molecule has 1 N–H and O–H groups in total. The number of amides is 1. The Balaban J connectivity index is 2.01. The SMILES string of the molecule is O=C(O)N1CC(n2nc(I)c3nccc(Cl)c32)C1. The summed E-state index contributed by atoms with van der Waals surface area (Å²) < 4.78 is 2.56. The topological polar surface area (TPSA) is 71.2 Å². The van der Waals surface area contributed by atoms with Crippen molar-refractivity contribution in [2.24, 2.45) is 0 Å². The molecule has 18 heavy (non-hydrogen) atoms. The highest BCUT2D eigenvalue weighted by molar-refractivity contribution is 14.1. The molecule has 94 valence electrons. The van der Waals surface area contributed by atoms with Crippen molar-refractivity contribution >= 4 is 51.3 Å². The molecule has 0 aliphatic carbocycles. The lowest BCUT2D eigenvalue weighted by molar-refractivity contribution is 0.0827. The first-order valence-corrected chi connectivity index (χ1v) is 6.69. The molecule has 0 atom stereocenters. The van der Waals surface area contributed by atoms with Crippen LogP contribution in [0.3, 0.4) is 0 Å². The third kappa shape index (κ3) is 1.72. The van der Waals surface area contributed by atoms with E-state index in [0.717, 1.165) is 14.7 Å². The summed E-state index contributed by atoms with van der Waals surface area (Å²) in [6, 6.07) is 1.75. The van der Waals surface area contributed by atoms with E-state index in [2.05, 4.69) is 32.7 Å². The summed E-state index contributed by atoms with van der Waals surface area (Å²) in [5.41, 5.74) is 1.54. The van der Waals surface area contributed by atoms with Crippen LogP contribution in [0.5, 0.6) is 0 Å².